The second-order valence-corrected chi connectivity index (χ2v) is 5.28. The van der Waals surface area contributed by atoms with Gasteiger partial charge in [0, 0.05) is 12.1 Å². The van der Waals surface area contributed by atoms with Crippen LogP contribution in [0.2, 0.25) is 0 Å². The highest BCUT2D eigenvalue weighted by atomic mass is 35.5. The van der Waals surface area contributed by atoms with Gasteiger partial charge >= 0.3 is 0 Å². The van der Waals surface area contributed by atoms with Crippen LogP contribution in [0.5, 0.6) is 0 Å². The van der Waals surface area contributed by atoms with Crippen molar-refractivity contribution >= 4 is 17.5 Å². The molecule has 0 aliphatic carbocycles. The van der Waals surface area contributed by atoms with Gasteiger partial charge in [-0.1, -0.05) is 19.1 Å². The molecule has 2 atom stereocenters. The van der Waals surface area contributed by atoms with Crippen molar-refractivity contribution < 1.29 is 9.53 Å². The van der Waals surface area contributed by atoms with Crippen LogP contribution in [0.4, 0.5) is 0 Å². The molecule has 1 fully saturated rings. The predicted molar refractivity (Wildman–Crippen MR) is 76.8 cm³/mol. The molecular weight excluding hydrogens is 262 g/mol. The lowest BCUT2D eigenvalue weighted by molar-refractivity contribution is -0.0371. The van der Waals surface area contributed by atoms with Gasteiger partial charge in [-0.3, -0.25) is 4.79 Å². The molecule has 0 spiro atoms. The van der Waals surface area contributed by atoms with Crippen LogP contribution in [0.15, 0.2) is 24.3 Å². The summed E-state index contributed by atoms with van der Waals surface area (Å²) in [5.74, 6) is 0.485. The summed E-state index contributed by atoms with van der Waals surface area (Å²) < 4.78 is 5.57. The zero-order valence-electron chi connectivity index (χ0n) is 11.4. The first kappa shape index (κ1) is 14.4. The summed E-state index contributed by atoms with van der Waals surface area (Å²) in [6.45, 7) is 5.23. The normalized spacial score (nSPS) is 23.4. The van der Waals surface area contributed by atoms with E-state index in [1.807, 2.05) is 36.1 Å². The Morgan fingerprint density at radius 2 is 2.11 bits per heavy atom. The fourth-order valence-electron chi connectivity index (χ4n) is 2.24. The van der Waals surface area contributed by atoms with Gasteiger partial charge < -0.3 is 9.64 Å². The monoisotopic (exact) mass is 281 g/mol. The molecule has 1 heterocycles. The molecule has 19 heavy (non-hydrogen) atoms. The molecule has 3 nitrogen and oxygen atoms in total. The topological polar surface area (TPSA) is 29.5 Å². The van der Waals surface area contributed by atoms with E-state index in [4.69, 9.17) is 16.3 Å². The zero-order chi connectivity index (χ0) is 13.8. The standard InChI is InChI=1S/C15H20ClNO2/c1-3-12-4-6-13(7-5-12)15(18)17-9-14(8-16)19-10-11(17)2/h4-7,11,14H,3,8-10H2,1-2H3. The lowest BCUT2D eigenvalue weighted by Gasteiger charge is -2.37. The first-order chi connectivity index (χ1) is 9.15. The number of nitrogens with zero attached hydrogens (tertiary/aromatic N) is 1. The minimum Gasteiger partial charge on any atom is -0.373 e. The molecule has 1 saturated heterocycles. The number of morpholine rings is 1. The van der Waals surface area contributed by atoms with Crippen LogP contribution >= 0.6 is 11.6 Å². The average molecular weight is 282 g/mol. The van der Waals surface area contributed by atoms with Crippen LogP contribution in [0.25, 0.3) is 0 Å². The van der Waals surface area contributed by atoms with Crippen LogP contribution < -0.4 is 0 Å². The van der Waals surface area contributed by atoms with Crippen molar-refractivity contribution in [2.75, 3.05) is 19.0 Å². The number of rotatable bonds is 3. The van der Waals surface area contributed by atoms with E-state index in [0.29, 0.717) is 19.0 Å². The summed E-state index contributed by atoms with van der Waals surface area (Å²) >= 11 is 5.82. The fraction of sp³-hybridized carbons (Fsp3) is 0.533. The number of carbonyl (C=O) groups is 1. The Hall–Kier alpha value is -1.06. The van der Waals surface area contributed by atoms with Gasteiger partial charge in [0.2, 0.25) is 0 Å². The fourth-order valence-corrected chi connectivity index (χ4v) is 2.43. The van der Waals surface area contributed by atoms with Crippen molar-refractivity contribution in [3.05, 3.63) is 35.4 Å². The van der Waals surface area contributed by atoms with Crippen LogP contribution in [0.1, 0.15) is 29.8 Å². The number of ether oxygens (including phenoxy) is 1. The van der Waals surface area contributed by atoms with Crippen LogP contribution in [0.3, 0.4) is 0 Å². The number of benzene rings is 1. The molecule has 2 unspecified atom stereocenters. The number of amides is 1. The van der Waals surface area contributed by atoms with E-state index in [1.165, 1.54) is 5.56 Å². The number of carbonyl (C=O) groups excluding carboxylic acids is 1. The Morgan fingerprint density at radius 1 is 1.42 bits per heavy atom. The molecule has 1 amide bonds. The van der Waals surface area contributed by atoms with Gasteiger partial charge in [0.25, 0.3) is 5.91 Å². The third kappa shape index (κ3) is 3.28. The first-order valence-electron chi connectivity index (χ1n) is 6.73. The maximum absolute atomic E-state index is 12.5. The number of halogens is 1. The number of alkyl halides is 1. The maximum Gasteiger partial charge on any atom is 0.254 e. The van der Waals surface area contributed by atoms with E-state index in [2.05, 4.69) is 6.92 Å². The van der Waals surface area contributed by atoms with Crippen LogP contribution in [0, 0.1) is 0 Å². The van der Waals surface area contributed by atoms with Crippen LogP contribution in [-0.2, 0) is 11.2 Å². The van der Waals surface area contributed by atoms with Crippen molar-refractivity contribution in [3.63, 3.8) is 0 Å². The highest BCUT2D eigenvalue weighted by molar-refractivity contribution is 6.18. The summed E-state index contributed by atoms with van der Waals surface area (Å²) in [6.07, 6.45) is 0.924. The van der Waals surface area contributed by atoms with Gasteiger partial charge in [-0.2, -0.15) is 0 Å². The Balaban J connectivity index is 2.12. The first-order valence-corrected chi connectivity index (χ1v) is 7.26. The molecule has 0 radical (unpaired) electrons. The summed E-state index contributed by atoms with van der Waals surface area (Å²) in [5.41, 5.74) is 1.98. The highest BCUT2D eigenvalue weighted by Crippen LogP contribution is 2.17. The molecule has 0 N–H and O–H groups in total. The molecule has 1 aromatic carbocycles. The van der Waals surface area contributed by atoms with Crippen molar-refractivity contribution in [3.8, 4) is 0 Å². The summed E-state index contributed by atoms with van der Waals surface area (Å²) in [4.78, 5) is 14.4. The minimum absolute atomic E-state index is 0.0586. The maximum atomic E-state index is 12.5. The smallest absolute Gasteiger partial charge is 0.254 e. The summed E-state index contributed by atoms with van der Waals surface area (Å²) in [7, 11) is 0. The Bertz CT molecular complexity index is 432. The predicted octanol–water partition coefficient (Wildman–Crippen LogP) is 2.72. The van der Waals surface area contributed by atoms with Crippen molar-refractivity contribution in [2.24, 2.45) is 0 Å². The van der Waals surface area contributed by atoms with Crippen LogP contribution in [-0.4, -0.2) is 42.0 Å². The molecule has 4 heteroatoms. The lowest BCUT2D eigenvalue weighted by atomic mass is 10.1. The quantitative estimate of drug-likeness (QED) is 0.798. The Kier molecular flexibility index (Phi) is 4.83. The highest BCUT2D eigenvalue weighted by Gasteiger charge is 2.29. The second-order valence-electron chi connectivity index (χ2n) is 4.97. The molecule has 0 saturated carbocycles. The van der Waals surface area contributed by atoms with Gasteiger partial charge in [-0.05, 0) is 31.0 Å². The van der Waals surface area contributed by atoms with E-state index in [9.17, 15) is 4.79 Å². The number of aryl methyl sites for hydroxylation is 1. The molecule has 1 aromatic rings. The van der Waals surface area contributed by atoms with Gasteiger partial charge in [-0.25, -0.2) is 0 Å². The minimum atomic E-state index is -0.0586. The van der Waals surface area contributed by atoms with E-state index in [1.54, 1.807) is 0 Å². The summed E-state index contributed by atoms with van der Waals surface area (Å²) in [6, 6.07) is 7.92. The molecule has 2 rings (SSSR count). The van der Waals surface area contributed by atoms with E-state index < -0.39 is 0 Å². The Labute approximate surface area is 119 Å². The third-order valence-electron chi connectivity index (χ3n) is 3.55. The van der Waals surface area contributed by atoms with E-state index >= 15 is 0 Å². The van der Waals surface area contributed by atoms with Crippen molar-refractivity contribution in [1.29, 1.82) is 0 Å². The van der Waals surface area contributed by atoms with Crippen molar-refractivity contribution in [2.45, 2.75) is 32.4 Å². The SMILES string of the molecule is CCc1ccc(C(=O)N2CC(CCl)OCC2C)cc1. The van der Waals surface area contributed by atoms with Crippen molar-refractivity contribution in [1.82, 2.24) is 4.90 Å². The molecule has 0 aromatic heterocycles. The zero-order valence-corrected chi connectivity index (χ0v) is 12.2. The van der Waals surface area contributed by atoms with Gasteiger partial charge in [0.1, 0.15) is 0 Å². The number of hydrogen-bond donors (Lipinski definition) is 0. The molecule has 104 valence electrons. The largest absolute Gasteiger partial charge is 0.373 e. The average Bonchev–Trinajstić information content (AvgIpc) is 2.47. The van der Waals surface area contributed by atoms with E-state index in [0.717, 1.165) is 12.0 Å². The van der Waals surface area contributed by atoms with Gasteiger partial charge in [0.05, 0.1) is 24.6 Å². The van der Waals surface area contributed by atoms with E-state index in [-0.39, 0.29) is 18.1 Å². The second kappa shape index (κ2) is 6.40. The summed E-state index contributed by atoms with van der Waals surface area (Å²) in [5, 5.41) is 0. The van der Waals surface area contributed by atoms with Gasteiger partial charge in [-0.15, -0.1) is 11.6 Å². The molecule has 1 aliphatic heterocycles. The molecule has 0 bridgehead atoms. The third-order valence-corrected chi connectivity index (χ3v) is 3.89. The Morgan fingerprint density at radius 3 is 2.68 bits per heavy atom. The molecule has 1 aliphatic rings. The number of hydrogen-bond acceptors (Lipinski definition) is 2. The molecular formula is C15H20ClNO2. The lowest BCUT2D eigenvalue weighted by Crippen LogP contribution is -2.51. The van der Waals surface area contributed by atoms with Gasteiger partial charge in [0.15, 0.2) is 0 Å².